The summed E-state index contributed by atoms with van der Waals surface area (Å²) in [4.78, 5) is 19.1. The fraction of sp³-hybridized carbons (Fsp3) is 0.333. The van der Waals surface area contributed by atoms with Gasteiger partial charge in [0.2, 0.25) is 0 Å². The van der Waals surface area contributed by atoms with Crippen LogP contribution in [0.5, 0.6) is 0 Å². The Morgan fingerprint density at radius 3 is 2.32 bits per heavy atom. The smallest absolute Gasteiger partial charge is 0.333 e. The van der Waals surface area contributed by atoms with Gasteiger partial charge in [-0.2, -0.15) is 19.0 Å². The van der Waals surface area contributed by atoms with E-state index in [1.54, 1.807) is 24.3 Å². The van der Waals surface area contributed by atoms with Crippen LogP contribution < -0.4 is 5.32 Å². The monoisotopic (exact) mass is 615 g/mol. The van der Waals surface area contributed by atoms with Crippen molar-refractivity contribution in [2.24, 2.45) is 5.41 Å². The Bertz CT molecular complexity index is 1680. The Morgan fingerprint density at radius 2 is 1.75 bits per heavy atom. The molecular weight excluding hydrogens is 585 g/mol. The Kier molecular flexibility index (Phi) is 8.05. The number of hydrogen-bond donors (Lipinski definition) is 2. The van der Waals surface area contributed by atoms with Gasteiger partial charge in [-0.3, -0.25) is 9.69 Å². The van der Waals surface area contributed by atoms with Crippen molar-refractivity contribution in [3.63, 3.8) is 0 Å². The fourth-order valence-corrected chi connectivity index (χ4v) is 5.60. The van der Waals surface area contributed by atoms with Crippen LogP contribution in [0.3, 0.4) is 0 Å². The van der Waals surface area contributed by atoms with Gasteiger partial charge in [0.25, 0.3) is 12.3 Å². The van der Waals surface area contributed by atoms with E-state index in [-0.39, 0.29) is 17.1 Å². The van der Waals surface area contributed by atoms with Crippen LogP contribution in [0.4, 0.5) is 22.0 Å². The van der Waals surface area contributed by atoms with Crippen LogP contribution in [0.25, 0.3) is 16.8 Å². The first kappa shape index (κ1) is 30.9. The minimum atomic E-state index is -2.99. The van der Waals surface area contributed by atoms with E-state index in [1.807, 2.05) is 20.8 Å². The molecule has 0 bridgehead atoms. The third-order valence-corrected chi connectivity index (χ3v) is 7.38. The molecule has 4 aromatic rings. The third kappa shape index (κ3) is 5.56. The van der Waals surface area contributed by atoms with Crippen LogP contribution in [0.1, 0.15) is 63.2 Å². The summed E-state index contributed by atoms with van der Waals surface area (Å²) >= 11 is 0. The molecule has 2 aromatic carbocycles. The number of carbonyl (C=O) groups is 1. The molecule has 232 valence electrons. The minimum Gasteiger partial charge on any atom is -0.394 e. The van der Waals surface area contributed by atoms with Crippen LogP contribution in [0.2, 0.25) is 0 Å². The number of nitrogens with one attached hydrogen (secondary N) is 1. The molecule has 2 aromatic heterocycles. The van der Waals surface area contributed by atoms with Gasteiger partial charge in [0.05, 0.1) is 18.8 Å². The number of amides is 1. The van der Waals surface area contributed by atoms with Gasteiger partial charge in [0, 0.05) is 11.8 Å². The largest absolute Gasteiger partial charge is 0.394 e. The molecule has 1 saturated heterocycles. The van der Waals surface area contributed by atoms with Crippen LogP contribution in [0.15, 0.2) is 73.6 Å². The molecule has 1 aliphatic heterocycles. The zero-order chi connectivity index (χ0) is 32.0. The molecule has 0 unspecified atom stereocenters. The number of aromatic nitrogens is 5. The molecule has 1 fully saturated rings. The highest BCUT2D eigenvalue weighted by atomic mass is 19.3. The van der Waals surface area contributed by atoms with Gasteiger partial charge in [0.1, 0.15) is 29.2 Å². The van der Waals surface area contributed by atoms with E-state index in [9.17, 15) is 27.5 Å². The molecule has 0 radical (unpaired) electrons. The highest BCUT2D eigenvalue weighted by molar-refractivity contribution is 5.92. The lowest BCUT2D eigenvalue weighted by Crippen LogP contribution is -2.47. The number of rotatable bonds is 9. The Labute approximate surface area is 249 Å². The Balaban J connectivity index is 1.50. The maximum absolute atomic E-state index is 15.3. The SMILES string of the molecule is C=C1N[C@](CC(C)(C)C)(c2ccc(-c3cnn(C(F)F)c3)cc2)C(=O)N1[C@H](CO)c1ccc(-n2ncnc2C(F)F)c(F)c1. The van der Waals surface area contributed by atoms with Crippen LogP contribution in [0, 0.1) is 11.2 Å². The predicted molar refractivity (Wildman–Crippen MR) is 150 cm³/mol. The highest BCUT2D eigenvalue weighted by Gasteiger charge is 2.53. The molecule has 14 heteroatoms. The standard InChI is InChI=1S/C30H30F5N7O2/c1-17-39-30(15-29(2,3)4,21-8-5-18(6-9-21)20-12-37-40(13-20)28(34)35)27(44)41(17)24(14-43)19-7-10-23(22(31)11-19)42-26(25(32)33)36-16-38-42/h5-13,16,24-25,28,39,43H,1,14-15H2,2-4H3/t24-,30-/m1/s1. The van der Waals surface area contributed by atoms with E-state index in [2.05, 4.69) is 27.1 Å². The van der Waals surface area contributed by atoms with Crippen LogP contribution >= 0.6 is 0 Å². The molecule has 44 heavy (non-hydrogen) atoms. The molecule has 0 aliphatic carbocycles. The number of carbonyl (C=O) groups excluding carboxylic acids is 1. The number of benzene rings is 2. The maximum atomic E-state index is 15.3. The second-order valence-electron chi connectivity index (χ2n) is 11.7. The number of nitrogens with zero attached hydrogens (tertiary/aromatic N) is 6. The van der Waals surface area contributed by atoms with E-state index in [0.717, 1.165) is 12.4 Å². The lowest BCUT2D eigenvalue weighted by molar-refractivity contribution is -0.135. The second-order valence-corrected chi connectivity index (χ2v) is 11.7. The molecule has 5 rings (SSSR count). The summed E-state index contributed by atoms with van der Waals surface area (Å²) in [5.41, 5.74) is -0.158. The summed E-state index contributed by atoms with van der Waals surface area (Å²) in [7, 11) is 0. The van der Waals surface area contributed by atoms with Crippen molar-refractivity contribution < 1.29 is 31.9 Å². The number of halogens is 5. The van der Waals surface area contributed by atoms with Crippen molar-refractivity contribution in [1.29, 1.82) is 0 Å². The summed E-state index contributed by atoms with van der Waals surface area (Å²) in [5.74, 6) is -1.93. The summed E-state index contributed by atoms with van der Waals surface area (Å²) in [6.07, 6.45) is 0.744. The summed E-state index contributed by atoms with van der Waals surface area (Å²) in [5, 5.41) is 21.0. The van der Waals surface area contributed by atoms with E-state index in [1.165, 1.54) is 29.4 Å². The molecule has 0 saturated carbocycles. The number of aliphatic hydroxyl groups is 1. The molecular formula is C30H30F5N7O2. The lowest BCUT2D eigenvalue weighted by atomic mass is 9.75. The lowest BCUT2D eigenvalue weighted by Gasteiger charge is -2.35. The van der Waals surface area contributed by atoms with Gasteiger partial charge in [-0.1, -0.05) is 57.7 Å². The summed E-state index contributed by atoms with van der Waals surface area (Å²) < 4.78 is 69.2. The van der Waals surface area contributed by atoms with Crippen molar-refractivity contribution in [1.82, 2.24) is 34.8 Å². The van der Waals surface area contributed by atoms with E-state index in [0.29, 0.717) is 32.5 Å². The van der Waals surface area contributed by atoms with Gasteiger partial charge in [-0.05, 0) is 40.7 Å². The number of aliphatic hydroxyl groups excluding tert-OH is 1. The third-order valence-electron chi connectivity index (χ3n) is 7.38. The average molecular weight is 616 g/mol. The average Bonchev–Trinajstić information content (AvgIpc) is 3.69. The van der Waals surface area contributed by atoms with Crippen molar-refractivity contribution in [2.75, 3.05) is 6.61 Å². The van der Waals surface area contributed by atoms with Crippen molar-refractivity contribution in [3.8, 4) is 16.8 Å². The zero-order valence-electron chi connectivity index (χ0n) is 24.1. The van der Waals surface area contributed by atoms with Crippen molar-refractivity contribution >= 4 is 5.91 Å². The minimum absolute atomic E-state index is 0.168. The van der Waals surface area contributed by atoms with Crippen LogP contribution in [-0.4, -0.2) is 47.1 Å². The van der Waals surface area contributed by atoms with Gasteiger partial charge < -0.3 is 10.4 Å². The van der Waals surface area contributed by atoms with Crippen molar-refractivity contribution in [3.05, 3.63) is 96.4 Å². The molecule has 1 aliphatic rings. The molecule has 0 spiro atoms. The molecule has 2 N–H and O–H groups in total. The second kappa shape index (κ2) is 11.5. The van der Waals surface area contributed by atoms with Gasteiger partial charge in [-0.15, -0.1) is 0 Å². The highest BCUT2D eigenvalue weighted by Crippen LogP contribution is 2.44. The van der Waals surface area contributed by atoms with Gasteiger partial charge in [0.15, 0.2) is 5.82 Å². The first-order valence-electron chi connectivity index (χ1n) is 13.6. The first-order valence-corrected chi connectivity index (χ1v) is 13.6. The van der Waals surface area contributed by atoms with Gasteiger partial charge in [-0.25, -0.2) is 27.5 Å². The fourth-order valence-electron chi connectivity index (χ4n) is 5.60. The van der Waals surface area contributed by atoms with E-state index >= 15 is 4.39 Å². The molecule has 3 heterocycles. The van der Waals surface area contributed by atoms with Gasteiger partial charge >= 0.3 is 6.55 Å². The Hall–Kier alpha value is -4.59. The summed E-state index contributed by atoms with van der Waals surface area (Å²) in [6.45, 7) is 6.51. The topological polar surface area (TPSA) is 101 Å². The van der Waals surface area contributed by atoms with Crippen LogP contribution in [-0.2, 0) is 10.3 Å². The number of alkyl halides is 4. The zero-order valence-corrected chi connectivity index (χ0v) is 24.1. The normalized spacial score (nSPS) is 18.0. The summed E-state index contributed by atoms with van der Waals surface area (Å²) in [6, 6.07) is 9.43. The molecule has 9 nitrogen and oxygen atoms in total. The van der Waals surface area contributed by atoms with E-state index < -0.39 is 54.1 Å². The Morgan fingerprint density at radius 1 is 1.05 bits per heavy atom. The van der Waals surface area contributed by atoms with Crippen molar-refractivity contribution in [2.45, 2.75) is 51.7 Å². The number of hydrogen-bond acceptors (Lipinski definition) is 6. The quantitative estimate of drug-likeness (QED) is 0.229. The maximum Gasteiger partial charge on any atom is 0.333 e. The van der Waals surface area contributed by atoms with E-state index in [4.69, 9.17) is 0 Å². The molecule has 2 atom stereocenters. The first-order chi connectivity index (χ1) is 20.8. The predicted octanol–water partition coefficient (Wildman–Crippen LogP) is 5.87. The molecule has 1 amide bonds.